The Hall–Kier alpha value is -0.890. The Kier molecular flexibility index (Phi) is 5.23. The molecule has 0 aliphatic carbocycles. The van der Waals surface area contributed by atoms with Gasteiger partial charge in [-0.25, -0.2) is 0 Å². The summed E-state index contributed by atoms with van der Waals surface area (Å²) < 4.78 is 0. The summed E-state index contributed by atoms with van der Waals surface area (Å²) in [4.78, 5) is 4.29. The van der Waals surface area contributed by atoms with Gasteiger partial charge in [0.05, 0.1) is 0 Å². The lowest BCUT2D eigenvalue weighted by atomic mass is 10.1. The number of aromatic nitrogens is 1. The molecular weight excluding hydrogens is 172 g/mol. The molecule has 0 aromatic carbocycles. The zero-order valence-electron chi connectivity index (χ0n) is 9.16. The minimum absolute atomic E-state index is 0.665. The Balaban J connectivity index is 2.21. The lowest BCUT2D eigenvalue weighted by molar-refractivity contribution is 0.487. The molecule has 0 spiro atoms. The van der Waals surface area contributed by atoms with Crippen LogP contribution in [0.15, 0.2) is 24.4 Å². The van der Waals surface area contributed by atoms with E-state index >= 15 is 0 Å². The minimum atomic E-state index is 0.665. The van der Waals surface area contributed by atoms with Crippen LogP contribution in [0.25, 0.3) is 0 Å². The van der Waals surface area contributed by atoms with Crippen molar-refractivity contribution in [3.63, 3.8) is 0 Å². The number of nitrogens with zero attached hydrogens (tertiary/aromatic N) is 1. The number of hydrogen-bond donors (Lipinski definition) is 1. The van der Waals surface area contributed by atoms with Crippen molar-refractivity contribution in [2.24, 2.45) is 0 Å². The van der Waals surface area contributed by atoms with Crippen molar-refractivity contribution in [3.8, 4) is 0 Å². The average molecular weight is 192 g/mol. The molecule has 1 aromatic rings. The van der Waals surface area contributed by atoms with E-state index in [-0.39, 0.29) is 0 Å². The van der Waals surface area contributed by atoms with E-state index < -0.39 is 0 Å². The summed E-state index contributed by atoms with van der Waals surface area (Å²) in [6.07, 6.45) is 5.29. The first-order chi connectivity index (χ1) is 6.86. The van der Waals surface area contributed by atoms with Crippen molar-refractivity contribution < 1.29 is 0 Å². The van der Waals surface area contributed by atoms with Crippen LogP contribution in [0, 0.1) is 0 Å². The van der Waals surface area contributed by atoms with Gasteiger partial charge in [-0.15, -0.1) is 0 Å². The minimum Gasteiger partial charge on any atom is -0.314 e. The highest BCUT2D eigenvalue weighted by Gasteiger charge is 2.01. The Morgan fingerprint density at radius 3 is 2.64 bits per heavy atom. The van der Waals surface area contributed by atoms with Crippen molar-refractivity contribution in [3.05, 3.63) is 30.1 Å². The standard InChI is InChI=1S/C12H20N2/c1-3-11(4-2)14-10-8-12-7-5-6-9-13-12/h5-7,9,11,14H,3-4,8,10H2,1-2H3. The fraction of sp³-hybridized carbons (Fsp3) is 0.583. The third kappa shape index (κ3) is 3.88. The molecule has 14 heavy (non-hydrogen) atoms. The van der Waals surface area contributed by atoms with Gasteiger partial charge in [-0.2, -0.15) is 0 Å². The van der Waals surface area contributed by atoms with Crippen LogP contribution < -0.4 is 5.32 Å². The summed E-state index contributed by atoms with van der Waals surface area (Å²) in [5.41, 5.74) is 1.17. The highest BCUT2D eigenvalue weighted by atomic mass is 14.9. The van der Waals surface area contributed by atoms with Gasteiger partial charge < -0.3 is 5.32 Å². The second-order valence-corrected chi connectivity index (χ2v) is 3.54. The zero-order chi connectivity index (χ0) is 10.2. The van der Waals surface area contributed by atoms with Crippen molar-refractivity contribution in [2.75, 3.05) is 6.54 Å². The van der Waals surface area contributed by atoms with E-state index in [2.05, 4.69) is 30.2 Å². The topological polar surface area (TPSA) is 24.9 Å². The quantitative estimate of drug-likeness (QED) is 0.748. The molecule has 0 saturated heterocycles. The predicted molar refractivity (Wildman–Crippen MR) is 60.3 cm³/mol. The van der Waals surface area contributed by atoms with Crippen LogP contribution in [0.1, 0.15) is 32.4 Å². The van der Waals surface area contributed by atoms with Gasteiger partial charge in [-0.3, -0.25) is 4.98 Å². The maximum absolute atomic E-state index is 4.29. The van der Waals surface area contributed by atoms with Gasteiger partial charge in [-0.05, 0) is 25.0 Å². The van der Waals surface area contributed by atoms with E-state index in [1.807, 2.05) is 18.3 Å². The van der Waals surface area contributed by atoms with Crippen LogP contribution in [0.3, 0.4) is 0 Å². The molecule has 0 amide bonds. The van der Waals surface area contributed by atoms with Gasteiger partial charge in [0, 0.05) is 30.9 Å². The molecule has 1 rings (SSSR count). The SMILES string of the molecule is CCC(CC)NCCc1ccccn1. The second-order valence-electron chi connectivity index (χ2n) is 3.54. The van der Waals surface area contributed by atoms with E-state index in [1.165, 1.54) is 18.5 Å². The Bertz CT molecular complexity index is 229. The summed E-state index contributed by atoms with van der Waals surface area (Å²) in [5, 5.41) is 3.53. The number of pyridine rings is 1. The summed E-state index contributed by atoms with van der Waals surface area (Å²) in [5.74, 6) is 0. The largest absolute Gasteiger partial charge is 0.314 e. The van der Waals surface area contributed by atoms with Crippen LogP contribution in [0.2, 0.25) is 0 Å². The van der Waals surface area contributed by atoms with Crippen LogP contribution in [-0.2, 0) is 6.42 Å². The summed E-state index contributed by atoms with van der Waals surface area (Å²) in [6, 6.07) is 6.74. The highest BCUT2D eigenvalue weighted by Crippen LogP contribution is 1.97. The number of rotatable bonds is 6. The van der Waals surface area contributed by atoms with E-state index in [0.29, 0.717) is 6.04 Å². The van der Waals surface area contributed by atoms with Crippen molar-refractivity contribution in [1.82, 2.24) is 10.3 Å². The van der Waals surface area contributed by atoms with Gasteiger partial charge in [0.2, 0.25) is 0 Å². The molecule has 78 valence electrons. The van der Waals surface area contributed by atoms with Crippen LogP contribution in [0.5, 0.6) is 0 Å². The number of nitrogens with one attached hydrogen (secondary N) is 1. The molecule has 2 nitrogen and oxygen atoms in total. The second kappa shape index (κ2) is 6.55. The highest BCUT2D eigenvalue weighted by molar-refractivity contribution is 5.03. The van der Waals surface area contributed by atoms with Crippen LogP contribution in [0.4, 0.5) is 0 Å². The van der Waals surface area contributed by atoms with Gasteiger partial charge >= 0.3 is 0 Å². The fourth-order valence-corrected chi connectivity index (χ4v) is 1.53. The Morgan fingerprint density at radius 2 is 2.07 bits per heavy atom. The molecule has 0 atom stereocenters. The molecule has 0 unspecified atom stereocenters. The van der Waals surface area contributed by atoms with Gasteiger partial charge in [0.25, 0.3) is 0 Å². The maximum Gasteiger partial charge on any atom is 0.0416 e. The summed E-state index contributed by atoms with van der Waals surface area (Å²) in [7, 11) is 0. The van der Waals surface area contributed by atoms with Gasteiger partial charge in [-0.1, -0.05) is 19.9 Å². The van der Waals surface area contributed by atoms with E-state index in [0.717, 1.165) is 13.0 Å². The third-order valence-corrected chi connectivity index (χ3v) is 2.53. The lowest BCUT2D eigenvalue weighted by Gasteiger charge is -2.13. The van der Waals surface area contributed by atoms with Crippen molar-refractivity contribution >= 4 is 0 Å². The molecule has 2 heteroatoms. The maximum atomic E-state index is 4.29. The fourth-order valence-electron chi connectivity index (χ4n) is 1.53. The Labute approximate surface area is 86.8 Å². The average Bonchev–Trinajstić information content (AvgIpc) is 2.26. The zero-order valence-corrected chi connectivity index (χ0v) is 9.16. The first-order valence-electron chi connectivity index (χ1n) is 5.50. The smallest absolute Gasteiger partial charge is 0.0416 e. The first-order valence-corrected chi connectivity index (χ1v) is 5.50. The lowest BCUT2D eigenvalue weighted by Crippen LogP contribution is -2.29. The molecule has 0 aliphatic heterocycles. The molecule has 0 bridgehead atoms. The monoisotopic (exact) mass is 192 g/mol. The predicted octanol–water partition coefficient (Wildman–Crippen LogP) is 2.40. The summed E-state index contributed by atoms with van der Waals surface area (Å²) >= 11 is 0. The van der Waals surface area contributed by atoms with E-state index in [9.17, 15) is 0 Å². The number of hydrogen-bond acceptors (Lipinski definition) is 2. The van der Waals surface area contributed by atoms with Gasteiger partial charge in [0.1, 0.15) is 0 Å². The molecule has 0 saturated carbocycles. The molecule has 1 aromatic heterocycles. The molecule has 0 aliphatic rings. The Morgan fingerprint density at radius 1 is 1.29 bits per heavy atom. The molecule has 0 radical (unpaired) electrons. The first kappa shape index (κ1) is 11.2. The normalized spacial score (nSPS) is 10.8. The summed E-state index contributed by atoms with van der Waals surface area (Å²) in [6.45, 7) is 5.48. The van der Waals surface area contributed by atoms with Gasteiger partial charge in [0.15, 0.2) is 0 Å². The van der Waals surface area contributed by atoms with Crippen molar-refractivity contribution in [2.45, 2.75) is 39.2 Å². The van der Waals surface area contributed by atoms with Crippen LogP contribution in [-0.4, -0.2) is 17.6 Å². The van der Waals surface area contributed by atoms with E-state index in [1.54, 1.807) is 0 Å². The van der Waals surface area contributed by atoms with Crippen molar-refractivity contribution in [1.29, 1.82) is 0 Å². The molecule has 1 heterocycles. The van der Waals surface area contributed by atoms with E-state index in [4.69, 9.17) is 0 Å². The van der Waals surface area contributed by atoms with Crippen LogP contribution >= 0.6 is 0 Å². The molecule has 1 N–H and O–H groups in total. The molecule has 0 fully saturated rings. The third-order valence-electron chi connectivity index (χ3n) is 2.53. The molecular formula is C12H20N2.